The molecule has 0 radical (unpaired) electrons. The summed E-state index contributed by atoms with van der Waals surface area (Å²) in [6, 6.07) is 0. The second-order valence-electron chi connectivity index (χ2n) is 5.67. The van der Waals surface area contributed by atoms with E-state index in [2.05, 4.69) is 10.4 Å². The van der Waals surface area contributed by atoms with Gasteiger partial charge in [-0.2, -0.15) is 5.10 Å². The van der Waals surface area contributed by atoms with E-state index in [-0.39, 0.29) is 22.0 Å². The molecule has 26 heavy (non-hydrogen) atoms. The van der Waals surface area contributed by atoms with Gasteiger partial charge in [0.05, 0.1) is 28.8 Å². The lowest BCUT2D eigenvalue weighted by Gasteiger charge is -2.08. The number of hydrogen-bond donors (Lipinski definition) is 2. The number of nitrogens with one attached hydrogen (secondary N) is 1. The first kappa shape index (κ1) is 19.6. The van der Waals surface area contributed by atoms with Crippen molar-refractivity contribution in [3.8, 4) is 0 Å². The van der Waals surface area contributed by atoms with E-state index in [1.54, 1.807) is 18.5 Å². The maximum absolute atomic E-state index is 12.6. The summed E-state index contributed by atoms with van der Waals surface area (Å²) in [6.45, 7) is 8.07. The number of esters is 1. The van der Waals surface area contributed by atoms with E-state index in [4.69, 9.17) is 10.5 Å². The molecule has 0 aliphatic rings. The Morgan fingerprint density at radius 2 is 2.00 bits per heavy atom. The van der Waals surface area contributed by atoms with Gasteiger partial charge in [0.2, 0.25) is 0 Å². The van der Waals surface area contributed by atoms with Crippen molar-refractivity contribution in [3.05, 3.63) is 33.5 Å². The van der Waals surface area contributed by atoms with Crippen molar-refractivity contribution < 1.29 is 19.1 Å². The average molecular weight is 378 g/mol. The molecule has 0 spiro atoms. The van der Waals surface area contributed by atoms with Crippen LogP contribution in [-0.2, 0) is 11.3 Å². The normalized spacial score (nSPS) is 10.6. The van der Waals surface area contributed by atoms with Gasteiger partial charge in [0.15, 0.2) is 0 Å². The van der Waals surface area contributed by atoms with Crippen LogP contribution in [0, 0.1) is 13.8 Å². The number of anilines is 1. The Morgan fingerprint density at radius 1 is 1.31 bits per heavy atom. The molecule has 8 nitrogen and oxygen atoms in total. The second kappa shape index (κ2) is 8.13. The number of aryl methyl sites for hydroxylation is 1. The molecule has 0 fully saturated rings. The van der Waals surface area contributed by atoms with Gasteiger partial charge in [0.25, 0.3) is 11.8 Å². The standard InChI is InChI=1S/C17H22N4O4S/c1-5-7-25-17(24)12-9(3)13(14(18)22)26-16(12)20-15(23)11-8-19-21(6-2)10(11)4/h8H,5-7H2,1-4H3,(H2,18,22)(H,20,23). The number of nitrogens with two attached hydrogens (primary N) is 1. The smallest absolute Gasteiger partial charge is 0.341 e. The number of primary amides is 1. The number of hydrogen-bond acceptors (Lipinski definition) is 6. The Hall–Kier alpha value is -2.68. The van der Waals surface area contributed by atoms with E-state index >= 15 is 0 Å². The van der Waals surface area contributed by atoms with E-state index in [9.17, 15) is 14.4 Å². The van der Waals surface area contributed by atoms with Crippen LogP contribution in [0.2, 0.25) is 0 Å². The Bertz CT molecular complexity index is 853. The van der Waals surface area contributed by atoms with Crippen molar-refractivity contribution in [1.29, 1.82) is 0 Å². The molecule has 2 aromatic rings. The topological polar surface area (TPSA) is 116 Å². The third-order valence-corrected chi connectivity index (χ3v) is 5.11. The van der Waals surface area contributed by atoms with Gasteiger partial charge in [-0.3, -0.25) is 14.3 Å². The van der Waals surface area contributed by atoms with Crippen molar-refractivity contribution in [2.24, 2.45) is 5.73 Å². The molecule has 2 aromatic heterocycles. The van der Waals surface area contributed by atoms with Crippen molar-refractivity contribution in [2.45, 2.75) is 40.7 Å². The van der Waals surface area contributed by atoms with Crippen LogP contribution >= 0.6 is 11.3 Å². The molecule has 0 aliphatic heterocycles. The molecule has 0 aliphatic carbocycles. The predicted molar refractivity (Wildman–Crippen MR) is 98.7 cm³/mol. The number of aromatic nitrogens is 2. The molecule has 0 aromatic carbocycles. The van der Waals surface area contributed by atoms with Crippen LogP contribution in [0.5, 0.6) is 0 Å². The second-order valence-corrected chi connectivity index (χ2v) is 6.69. The number of carbonyl (C=O) groups is 3. The van der Waals surface area contributed by atoms with Crippen LogP contribution in [0.15, 0.2) is 6.20 Å². The molecule has 2 amide bonds. The predicted octanol–water partition coefficient (Wildman–Crippen LogP) is 2.50. The van der Waals surface area contributed by atoms with Gasteiger partial charge in [-0.05, 0) is 32.8 Å². The summed E-state index contributed by atoms with van der Waals surface area (Å²) in [5.41, 5.74) is 7.05. The van der Waals surface area contributed by atoms with E-state index in [0.717, 1.165) is 11.3 Å². The first-order valence-corrected chi connectivity index (χ1v) is 9.07. The molecule has 0 saturated heterocycles. The van der Waals surface area contributed by atoms with Gasteiger partial charge in [-0.25, -0.2) is 4.79 Å². The number of nitrogens with zero attached hydrogens (tertiary/aromatic N) is 2. The number of rotatable bonds is 7. The summed E-state index contributed by atoms with van der Waals surface area (Å²) in [6.07, 6.45) is 2.13. The number of carbonyl (C=O) groups excluding carboxylic acids is 3. The highest BCUT2D eigenvalue weighted by Crippen LogP contribution is 2.34. The Balaban J connectivity index is 2.39. The lowest BCUT2D eigenvalue weighted by Crippen LogP contribution is -2.16. The van der Waals surface area contributed by atoms with Gasteiger partial charge in [0, 0.05) is 12.2 Å². The van der Waals surface area contributed by atoms with E-state index in [1.165, 1.54) is 6.20 Å². The Labute approximate surface area is 155 Å². The van der Waals surface area contributed by atoms with Gasteiger partial charge in [0.1, 0.15) is 5.00 Å². The average Bonchev–Trinajstić information content (AvgIpc) is 3.12. The highest BCUT2D eigenvalue weighted by molar-refractivity contribution is 7.18. The fourth-order valence-electron chi connectivity index (χ4n) is 2.51. The largest absolute Gasteiger partial charge is 0.462 e. The number of ether oxygens (including phenoxy) is 1. The summed E-state index contributed by atoms with van der Waals surface area (Å²) < 4.78 is 6.87. The van der Waals surface area contributed by atoms with E-state index in [1.807, 2.05) is 13.8 Å². The number of thiophene rings is 1. The minimum absolute atomic E-state index is 0.158. The lowest BCUT2D eigenvalue weighted by molar-refractivity contribution is 0.0506. The molecule has 3 N–H and O–H groups in total. The molecule has 0 bridgehead atoms. The van der Waals surface area contributed by atoms with Crippen molar-refractivity contribution in [1.82, 2.24) is 9.78 Å². The first-order chi connectivity index (χ1) is 12.3. The molecule has 140 valence electrons. The molecule has 2 rings (SSSR count). The van der Waals surface area contributed by atoms with Crippen LogP contribution in [-0.4, -0.2) is 34.2 Å². The zero-order valence-electron chi connectivity index (χ0n) is 15.2. The minimum atomic E-state index is -0.660. The molecular weight excluding hydrogens is 356 g/mol. The maximum atomic E-state index is 12.6. The minimum Gasteiger partial charge on any atom is -0.462 e. The number of amides is 2. The van der Waals surface area contributed by atoms with Crippen molar-refractivity contribution in [2.75, 3.05) is 11.9 Å². The van der Waals surface area contributed by atoms with Gasteiger partial charge >= 0.3 is 5.97 Å². The van der Waals surface area contributed by atoms with Crippen LogP contribution in [0.4, 0.5) is 5.00 Å². The van der Waals surface area contributed by atoms with E-state index in [0.29, 0.717) is 29.8 Å². The summed E-state index contributed by atoms with van der Waals surface area (Å²) in [5, 5.41) is 7.08. The highest BCUT2D eigenvalue weighted by atomic mass is 32.1. The third-order valence-electron chi connectivity index (χ3n) is 3.89. The molecule has 0 saturated carbocycles. The third kappa shape index (κ3) is 3.77. The molecule has 2 heterocycles. The zero-order chi connectivity index (χ0) is 19.4. The van der Waals surface area contributed by atoms with Crippen molar-refractivity contribution in [3.63, 3.8) is 0 Å². The van der Waals surface area contributed by atoms with Gasteiger partial charge in [-0.15, -0.1) is 11.3 Å². The first-order valence-electron chi connectivity index (χ1n) is 8.25. The summed E-state index contributed by atoms with van der Waals surface area (Å²) >= 11 is 0.963. The van der Waals surface area contributed by atoms with E-state index < -0.39 is 17.8 Å². The molecule has 0 atom stereocenters. The Kier molecular flexibility index (Phi) is 6.14. The molecule has 0 unspecified atom stereocenters. The zero-order valence-corrected chi connectivity index (χ0v) is 16.0. The lowest BCUT2D eigenvalue weighted by atomic mass is 10.1. The van der Waals surface area contributed by atoms with Crippen LogP contribution in [0.3, 0.4) is 0 Å². The fraction of sp³-hybridized carbons (Fsp3) is 0.412. The summed E-state index contributed by atoms with van der Waals surface area (Å²) in [7, 11) is 0. The monoisotopic (exact) mass is 378 g/mol. The summed E-state index contributed by atoms with van der Waals surface area (Å²) in [5.74, 6) is -1.67. The molecular formula is C17H22N4O4S. The fourth-order valence-corrected chi connectivity index (χ4v) is 3.55. The van der Waals surface area contributed by atoms with Crippen LogP contribution < -0.4 is 11.1 Å². The van der Waals surface area contributed by atoms with Crippen LogP contribution in [0.1, 0.15) is 61.9 Å². The quantitative estimate of drug-likeness (QED) is 0.718. The van der Waals surface area contributed by atoms with Gasteiger partial charge in [-0.1, -0.05) is 6.92 Å². The SMILES string of the molecule is CCCOC(=O)c1c(NC(=O)c2cnn(CC)c2C)sc(C(N)=O)c1C. The highest BCUT2D eigenvalue weighted by Gasteiger charge is 2.26. The maximum Gasteiger partial charge on any atom is 0.341 e. The summed E-state index contributed by atoms with van der Waals surface area (Å²) in [4.78, 5) is 36.8. The molecule has 9 heteroatoms. The Morgan fingerprint density at radius 3 is 2.54 bits per heavy atom. The van der Waals surface area contributed by atoms with Gasteiger partial charge < -0.3 is 15.8 Å². The van der Waals surface area contributed by atoms with Crippen LogP contribution in [0.25, 0.3) is 0 Å². The van der Waals surface area contributed by atoms with Crippen molar-refractivity contribution >= 4 is 34.1 Å².